The van der Waals surface area contributed by atoms with E-state index >= 15 is 0 Å². The highest BCUT2D eigenvalue weighted by molar-refractivity contribution is 6.30. The topological polar surface area (TPSA) is 45.0 Å². The summed E-state index contributed by atoms with van der Waals surface area (Å²) in [6.07, 6.45) is 0.0169. The van der Waals surface area contributed by atoms with Crippen LogP contribution < -0.4 is 10.1 Å². The molecule has 1 unspecified atom stereocenters. The van der Waals surface area contributed by atoms with Crippen LogP contribution >= 0.6 is 11.6 Å². The number of hydrogen-bond acceptors (Lipinski definition) is 3. The molecule has 0 aliphatic rings. The summed E-state index contributed by atoms with van der Waals surface area (Å²) in [4.78, 5) is 0. The summed E-state index contributed by atoms with van der Waals surface area (Å²) in [5, 5.41) is 12.4. The van der Waals surface area contributed by atoms with E-state index in [-0.39, 0.29) is 6.10 Å². The number of ether oxygens (including phenoxy) is 1. The van der Waals surface area contributed by atoms with Crippen LogP contribution in [0.5, 0.6) is 5.75 Å². The predicted molar refractivity (Wildman–Crippen MR) is 60.2 cm³/mol. The monoisotopic (exact) mass is 224 g/mol. The average molecular weight is 225 g/mol. The van der Waals surface area contributed by atoms with Crippen molar-refractivity contribution in [2.24, 2.45) is 0 Å². The summed E-state index contributed by atoms with van der Waals surface area (Å²) < 4.78 is 5.59. The fourth-order valence-electron chi connectivity index (χ4n) is 1.24. The van der Waals surface area contributed by atoms with Crippen molar-refractivity contribution in [2.45, 2.75) is 13.0 Å². The number of nitrogens with one attached hydrogen (secondary N) is 1. The second-order valence-corrected chi connectivity index (χ2v) is 3.67. The average Bonchev–Trinajstić information content (AvgIpc) is 2.21. The van der Waals surface area contributed by atoms with Crippen LogP contribution in [0.1, 0.15) is 12.5 Å². The summed E-state index contributed by atoms with van der Waals surface area (Å²) in [6, 6.07) is 7.08. The van der Waals surface area contributed by atoms with Crippen LogP contribution in [0.25, 0.3) is 0 Å². The first-order valence-electron chi connectivity index (χ1n) is 4.68. The van der Waals surface area contributed by atoms with Gasteiger partial charge in [-0.05, 0) is 32.2 Å². The lowest BCUT2D eigenvalue weighted by Crippen LogP contribution is -2.26. The number of halogens is 1. The van der Waals surface area contributed by atoms with Gasteiger partial charge in [-0.15, -0.1) is 0 Å². The van der Waals surface area contributed by atoms with Crippen LogP contribution in [0.3, 0.4) is 0 Å². The van der Waals surface area contributed by atoms with Gasteiger partial charge in [-0.1, -0.05) is 11.6 Å². The first-order valence-corrected chi connectivity index (χ1v) is 5.06. The highest BCUT2D eigenvalue weighted by atomic mass is 35.5. The van der Waals surface area contributed by atoms with Crippen LogP contribution in [0.2, 0.25) is 5.02 Å². The van der Waals surface area contributed by atoms with Gasteiger partial charge >= 0.3 is 0 Å². The molecule has 3 nitrogen and oxygen atoms in total. The van der Waals surface area contributed by atoms with E-state index in [9.17, 15) is 0 Å². The van der Waals surface area contributed by atoms with Gasteiger partial charge in [-0.2, -0.15) is 5.26 Å². The molecule has 0 aromatic heterocycles. The number of likely N-dealkylation sites (N-methyl/N-ethyl adjacent to an activating group) is 1. The molecular formula is C11H13ClN2O. The Morgan fingerprint density at radius 2 is 2.33 bits per heavy atom. The Bertz CT molecular complexity index is 373. The molecule has 0 aliphatic heterocycles. The van der Waals surface area contributed by atoms with Crippen molar-refractivity contribution in [3.8, 4) is 11.8 Å². The largest absolute Gasteiger partial charge is 0.488 e. The lowest BCUT2D eigenvalue weighted by Gasteiger charge is -2.15. The zero-order valence-electron chi connectivity index (χ0n) is 8.75. The highest BCUT2D eigenvalue weighted by Crippen LogP contribution is 2.22. The van der Waals surface area contributed by atoms with E-state index in [1.54, 1.807) is 18.2 Å². The molecule has 80 valence electrons. The summed E-state index contributed by atoms with van der Waals surface area (Å²) in [5.74, 6) is 0.574. The van der Waals surface area contributed by atoms with Gasteiger partial charge < -0.3 is 10.1 Å². The Morgan fingerprint density at radius 3 is 2.93 bits per heavy atom. The van der Waals surface area contributed by atoms with E-state index in [4.69, 9.17) is 21.6 Å². The van der Waals surface area contributed by atoms with Crippen LogP contribution in [-0.4, -0.2) is 19.7 Å². The minimum absolute atomic E-state index is 0.0169. The normalized spacial score (nSPS) is 11.9. The van der Waals surface area contributed by atoms with E-state index in [1.807, 2.05) is 14.0 Å². The molecule has 1 aromatic rings. The molecule has 0 saturated heterocycles. The molecule has 0 spiro atoms. The van der Waals surface area contributed by atoms with Crippen LogP contribution in [0, 0.1) is 11.3 Å². The lowest BCUT2D eigenvalue weighted by atomic mass is 10.2. The summed E-state index contributed by atoms with van der Waals surface area (Å²) >= 11 is 5.77. The first kappa shape index (κ1) is 11.8. The lowest BCUT2D eigenvalue weighted by molar-refractivity contribution is 0.220. The van der Waals surface area contributed by atoms with Crippen molar-refractivity contribution in [1.82, 2.24) is 5.32 Å². The van der Waals surface area contributed by atoms with Gasteiger partial charge in [0.1, 0.15) is 17.9 Å². The van der Waals surface area contributed by atoms with E-state index < -0.39 is 0 Å². The van der Waals surface area contributed by atoms with Crippen molar-refractivity contribution in [1.29, 1.82) is 5.26 Å². The smallest absolute Gasteiger partial charge is 0.137 e. The molecule has 0 bridgehead atoms. The summed E-state index contributed by atoms with van der Waals surface area (Å²) in [6.45, 7) is 2.67. The molecule has 0 radical (unpaired) electrons. The fourth-order valence-corrected chi connectivity index (χ4v) is 1.41. The van der Waals surface area contributed by atoms with E-state index in [1.165, 1.54) is 0 Å². The second kappa shape index (κ2) is 5.59. The molecule has 1 N–H and O–H groups in total. The molecule has 1 atom stereocenters. The first-order chi connectivity index (χ1) is 7.17. The van der Waals surface area contributed by atoms with Crippen molar-refractivity contribution in [3.05, 3.63) is 28.8 Å². The molecule has 0 amide bonds. The maximum Gasteiger partial charge on any atom is 0.137 e. The van der Waals surface area contributed by atoms with Gasteiger partial charge in [0.15, 0.2) is 0 Å². The van der Waals surface area contributed by atoms with Crippen molar-refractivity contribution in [2.75, 3.05) is 13.6 Å². The zero-order valence-corrected chi connectivity index (χ0v) is 9.51. The number of nitriles is 1. The summed E-state index contributed by atoms with van der Waals surface area (Å²) in [5.41, 5.74) is 0.463. The van der Waals surface area contributed by atoms with Gasteiger partial charge in [-0.25, -0.2) is 0 Å². The van der Waals surface area contributed by atoms with Gasteiger partial charge in [0.05, 0.1) is 5.56 Å². The van der Waals surface area contributed by atoms with Gasteiger partial charge in [0.2, 0.25) is 0 Å². The van der Waals surface area contributed by atoms with Crippen molar-refractivity contribution < 1.29 is 4.74 Å². The maximum absolute atomic E-state index is 8.88. The molecule has 1 aromatic carbocycles. The van der Waals surface area contributed by atoms with Gasteiger partial charge in [0, 0.05) is 11.6 Å². The number of rotatable bonds is 4. The maximum atomic E-state index is 8.88. The molecule has 15 heavy (non-hydrogen) atoms. The summed E-state index contributed by atoms with van der Waals surface area (Å²) in [7, 11) is 1.85. The Morgan fingerprint density at radius 1 is 1.60 bits per heavy atom. The van der Waals surface area contributed by atoms with Crippen LogP contribution in [-0.2, 0) is 0 Å². The van der Waals surface area contributed by atoms with E-state index in [0.29, 0.717) is 16.3 Å². The van der Waals surface area contributed by atoms with Crippen molar-refractivity contribution in [3.63, 3.8) is 0 Å². The Labute approximate surface area is 94.6 Å². The minimum Gasteiger partial charge on any atom is -0.488 e. The Kier molecular flexibility index (Phi) is 4.41. The second-order valence-electron chi connectivity index (χ2n) is 3.24. The Balaban J connectivity index is 2.81. The SMILES string of the molecule is CNCC(C)Oc1ccc(Cl)cc1C#N. The molecule has 0 aliphatic carbocycles. The van der Waals surface area contributed by atoms with E-state index in [0.717, 1.165) is 6.54 Å². The zero-order chi connectivity index (χ0) is 11.3. The molecule has 4 heteroatoms. The standard InChI is InChI=1S/C11H13ClN2O/c1-8(7-14-2)15-11-4-3-10(12)5-9(11)6-13/h3-5,8,14H,7H2,1-2H3. The molecular weight excluding hydrogens is 212 g/mol. The molecule has 0 fully saturated rings. The van der Waals surface area contributed by atoms with Gasteiger partial charge in [0.25, 0.3) is 0 Å². The third-order valence-electron chi connectivity index (χ3n) is 1.88. The van der Waals surface area contributed by atoms with Crippen LogP contribution in [0.15, 0.2) is 18.2 Å². The quantitative estimate of drug-likeness (QED) is 0.853. The number of benzene rings is 1. The van der Waals surface area contributed by atoms with E-state index in [2.05, 4.69) is 11.4 Å². The minimum atomic E-state index is 0.0169. The molecule has 1 rings (SSSR count). The molecule has 0 saturated carbocycles. The third kappa shape index (κ3) is 3.43. The predicted octanol–water partition coefficient (Wildman–Crippen LogP) is 2.20. The number of hydrogen-bond donors (Lipinski definition) is 1. The van der Waals surface area contributed by atoms with Crippen molar-refractivity contribution >= 4 is 11.6 Å². The Hall–Kier alpha value is -1.24. The number of nitrogens with zero attached hydrogens (tertiary/aromatic N) is 1. The van der Waals surface area contributed by atoms with Gasteiger partial charge in [-0.3, -0.25) is 0 Å². The third-order valence-corrected chi connectivity index (χ3v) is 2.12. The molecule has 0 heterocycles. The fraction of sp³-hybridized carbons (Fsp3) is 0.364. The van der Waals surface area contributed by atoms with Crippen LogP contribution in [0.4, 0.5) is 0 Å². The highest BCUT2D eigenvalue weighted by Gasteiger charge is 2.07.